The van der Waals surface area contributed by atoms with Gasteiger partial charge in [-0.25, -0.2) is 4.39 Å². The van der Waals surface area contributed by atoms with E-state index in [0.29, 0.717) is 31.0 Å². The molecular formula is C20H25F3IN3O2. The smallest absolute Gasteiger partial charge is 0.387 e. The van der Waals surface area contributed by atoms with E-state index < -0.39 is 6.61 Å². The summed E-state index contributed by atoms with van der Waals surface area (Å²) in [5, 5.41) is 6.29. The van der Waals surface area contributed by atoms with Crippen LogP contribution in [0.15, 0.2) is 41.4 Å². The van der Waals surface area contributed by atoms with Crippen molar-refractivity contribution in [2.24, 2.45) is 4.99 Å². The normalized spacial score (nSPS) is 11.1. The Morgan fingerprint density at radius 3 is 2.41 bits per heavy atom. The third-order valence-electron chi connectivity index (χ3n) is 4.06. The van der Waals surface area contributed by atoms with Crippen molar-refractivity contribution in [3.05, 3.63) is 58.9 Å². The molecule has 0 atom stereocenters. The molecule has 160 valence electrons. The van der Waals surface area contributed by atoms with Crippen LogP contribution < -0.4 is 20.1 Å². The standard InChI is InChI=1S/C20H24F3N3O2.HI/c1-13-10-15(4-6-16(13)21)12-26-20(24-2)25-9-8-14-5-7-17(27-3)18(11-14)28-19(22)23;/h4-7,10-11,19H,8-9,12H2,1-3H3,(H2,24,25,26);1H. The molecule has 0 aliphatic rings. The summed E-state index contributed by atoms with van der Waals surface area (Å²) in [5.74, 6) is 0.605. The summed E-state index contributed by atoms with van der Waals surface area (Å²) in [5.41, 5.74) is 2.34. The number of guanidine groups is 1. The molecule has 0 aliphatic heterocycles. The van der Waals surface area contributed by atoms with Crippen LogP contribution in [0.3, 0.4) is 0 Å². The predicted octanol–water partition coefficient (Wildman–Crippen LogP) is 4.27. The van der Waals surface area contributed by atoms with Gasteiger partial charge < -0.3 is 20.1 Å². The largest absolute Gasteiger partial charge is 0.493 e. The molecule has 0 aromatic heterocycles. The van der Waals surface area contributed by atoms with Crippen molar-refractivity contribution < 1.29 is 22.6 Å². The van der Waals surface area contributed by atoms with Gasteiger partial charge in [0, 0.05) is 20.1 Å². The van der Waals surface area contributed by atoms with Crippen LogP contribution in [0.25, 0.3) is 0 Å². The Hall–Kier alpha value is -2.17. The number of nitrogens with one attached hydrogen (secondary N) is 2. The van der Waals surface area contributed by atoms with E-state index in [-0.39, 0.29) is 41.3 Å². The minimum absolute atomic E-state index is 0. The van der Waals surface area contributed by atoms with Crippen LogP contribution in [0.1, 0.15) is 16.7 Å². The molecule has 5 nitrogen and oxygen atoms in total. The van der Waals surface area contributed by atoms with Gasteiger partial charge in [-0.05, 0) is 48.2 Å². The number of hydrogen-bond acceptors (Lipinski definition) is 3. The quantitative estimate of drug-likeness (QED) is 0.309. The first-order valence-electron chi connectivity index (χ1n) is 8.74. The van der Waals surface area contributed by atoms with Crippen molar-refractivity contribution in [1.82, 2.24) is 10.6 Å². The predicted molar refractivity (Wildman–Crippen MR) is 118 cm³/mol. The summed E-state index contributed by atoms with van der Waals surface area (Å²) in [6, 6.07) is 9.84. The van der Waals surface area contributed by atoms with Crippen molar-refractivity contribution in [3.63, 3.8) is 0 Å². The SMILES string of the molecule is CN=C(NCCc1ccc(OC)c(OC(F)F)c1)NCc1ccc(F)c(C)c1.I. The Balaban J connectivity index is 0.00000420. The number of aliphatic imine (C=N–C) groups is 1. The first kappa shape index (κ1) is 24.9. The van der Waals surface area contributed by atoms with Crippen LogP contribution in [0, 0.1) is 12.7 Å². The lowest BCUT2D eigenvalue weighted by Crippen LogP contribution is -2.37. The average Bonchev–Trinajstić information content (AvgIpc) is 2.67. The second-order valence-corrected chi connectivity index (χ2v) is 6.05. The second-order valence-electron chi connectivity index (χ2n) is 6.05. The highest BCUT2D eigenvalue weighted by atomic mass is 127. The zero-order valence-corrected chi connectivity index (χ0v) is 18.8. The fraction of sp³-hybridized carbons (Fsp3) is 0.350. The van der Waals surface area contributed by atoms with Crippen molar-refractivity contribution in [2.45, 2.75) is 26.5 Å². The van der Waals surface area contributed by atoms with Crippen LogP contribution >= 0.6 is 24.0 Å². The summed E-state index contributed by atoms with van der Waals surface area (Å²) in [6.07, 6.45) is 0.569. The summed E-state index contributed by atoms with van der Waals surface area (Å²) in [6.45, 7) is -0.175. The number of aryl methyl sites for hydroxylation is 1. The molecule has 29 heavy (non-hydrogen) atoms. The molecule has 2 aromatic rings. The molecule has 2 rings (SSSR count). The molecule has 0 aliphatic carbocycles. The van der Waals surface area contributed by atoms with E-state index in [9.17, 15) is 13.2 Å². The zero-order valence-electron chi connectivity index (χ0n) is 16.5. The summed E-state index contributed by atoms with van der Waals surface area (Å²) >= 11 is 0. The van der Waals surface area contributed by atoms with Gasteiger partial charge in [0.25, 0.3) is 0 Å². The highest BCUT2D eigenvalue weighted by Crippen LogP contribution is 2.29. The van der Waals surface area contributed by atoms with Crippen molar-refractivity contribution in [3.8, 4) is 11.5 Å². The molecule has 0 radical (unpaired) electrons. The molecule has 0 saturated heterocycles. The average molecular weight is 523 g/mol. The lowest BCUT2D eigenvalue weighted by Gasteiger charge is -2.14. The fourth-order valence-corrected chi connectivity index (χ4v) is 2.61. The Morgan fingerprint density at radius 1 is 1.07 bits per heavy atom. The Labute approximate surface area is 185 Å². The van der Waals surface area contributed by atoms with E-state index >= 15 is 0 Å². The number of halogens is 4. The molecule has 0 unspecified atom stereocenters. The molecule has 0 saturated carbocycles. The van der Waals surface area contributed by atoms with Gasteiger partial charge in [0.2, 0.25) is 0 Å². The van der Waals surface area contributed by atoms with Crippen LogP contribution in [0.2, 0.25) is 0 Å². The molecule has 2 aromatic carbocycles. The van der Waals surface area contributed by atoms with Crippen LogP contribution in [-0.4, -0.2) is 33.3 Å². The zero-order chi connectivity index (χ0) is 20.5. The molecule has 0 fully saturated rings. The van der Waals surface area contributed by atoms with Crippen LogP contribution in [0.5, 0.6) is 11.5 Å². The lowest BCUT2D eigenvalue weighted by molar-refractivity contribution is -0.0512. The van der Waals surface area contributed by atoms with E-state index in [0.717, 1.165) is 11.1 Å². The first-order chi connectivity index (χ1) is 13.4. The highest BCUT2D eigenvalue weighted by molar-refractivity contribution is 14.0. The number of alkyl halides is 2. The summed E-state index contributed by atoms with van der Waals surface area (Å²) in [4.78, 5) is 4.14. The van der Waals surface area contributed by atoms with Gasteiger partial charge >= 0.3 is 6.61 Å². The third-order valence-corrected chi connectivity index (χ3v) is 4.06. The maximum absolute atomic E-state index is 13.3. The molecular weight excluding hydrogens is 498 g/mol. The van der Waals surface area contributed by atoms with E-state index in [4.69, 9.17) is 4.74 Å². The van der Waals surface area contributed by atoms with Crippen molar-refractivity contribution in [1.29, 1.82) is 0 Å². The second kappa shape index (κ2) is 12.4. The topological polar surface area (TPSA) is 54.9 Å². The number of methoxy groups -OCH3 is 1. The van der Waals surface area contributed by atoms with E-state index in [2.05, 4.69) is 20.4 Å². The molecule has 0 amide bonds. The number of ether oxygens (including phenoxy) is 2. The van der Waals surface area contributed by atoms with Gasteiger partial charge in [0.15, 0.2) is 17.5 Å². The minimum Gasteiger partial charge on any atom is -0.493 e. The number of nitrogens with zero attached hydrogens (tertiary/aromatic N) is 1. The molecule has 2 N–H and O–H groups in total. The van der Waals surface area contributed by atoms with Gasteiger partial charge in [-0.15, -0.1) is 24.0 Å². The molecule has 9 heteroatoms. The third kappa shape index (κ3) is 8.00. The highest BCUT2D eigenvalue weighted by Gasteiger charge is 2.11. The Bertz CT molecular complexity index is 820. The van der Waals surface area contributed by atoms with Gasteiger partial charge in [-0.3, -0.25) is 4.99 Å². The van der Waals surface area contributed by atoms with Crippen LogP contribution in [0.4, 0.5) is 13.2 Å². The van der Waals surface area contributed by atoms with Gasteiger partial charge in [-0.1, -0.05) is 18.2 Å². The van der Waals surface area contributed by atoms with E-state index in [1.165, 1.54) is 19.2 Å². The monoisotopic (exact) mass is 523 g/mol. The first-order valence-corrected chi connectivity index (χ1v) is 8.74. The Kier molecular flexibility index (Phi) is 10.6. The lowest BCUT2D eigenvalue weighted by atomic mass is 10.1. The fourth-order valence-electron chi connectivity index (χ4n) is 2.61. The summed E-state index contributed by atoms with van der Waals surface area (Å²) in [7, 11) is 3.04. The maximum atomic E-state index is 13.3. The summed E-state index contributed by atoms with van der Waals surface area (Å²) < 4.78 is 47.9. The van der Waals surface area contributed by atoms with Gasteiger partial charge in [-0.2, -0.15) is 8.78 Å². The number of benzene rings is 2. The van der Waals surface area contributed by atoms with Crippen molar-refractivity contribution >= 4 is 29.9 Å². The number of hydrogen-bond donors (Lipinski definition) is 2. The van der Waals surface area contributed by atoms with E-state index in [1.807, 2.05) is 0 Å². The Morgan fingerprint density at radius 2 is 1.79 bits per heavy atom. The number of rotatable bonds is 8. The van der Waals surface area contributed by atoms with Gasteiger partial charge in [0.05, 0.1) is 7.11 Å². The van der Waals surface area contributed by atoms with E-state index in [1.54, 1.807) is 38.2 Å². The molecule has 0 heterocycles. The minimum atomic E-state index is -2.92. The van der Waals surface area contributed by atoms with Crippen molar-refractivity contribution in [2.75, 3.05) is 20.7 Å². The maximum Gasteiger partial charge on any atom is 0.387 e. The van der Waals surface area contributed by atoms with Crippen LogP contribution in [-0.2, 0) is 13.0 Å². The van der Waals surface area contributed by atoms with Gasteiger partial charge in [0.1, 0.15) is 5.82 Å². The molecule has 0 spiro atoms. The molecule has 0 bridgehead atoms.